The number of aromatic hydroxyl groups is 1. The van der Waals surface area contributed by atoms with Crippen LogP contribution >= 0.6 is 0 Å². The second kappa shape index (κ2) is 3.78. The third-order valence-electron chi connectivity index (χ3n) is 1.72. The van der Waals surface area contributed by atoms with Gasteiger partial charge in [0.15, 0.2) is 0 Å². The summed E-state index contributed by atoms with van der Waals surface area (Å²) in [5.41, 5.74) is -0.00680. The van der Waals surface area contributed by atoms with E-state index in [0.29, 0.717) is 0 Å². The average molecular weight is 195 g/mol. The molecule has 0 aliphatic heterocycles. The Morgan fingerprint density at radius 1 is 1.36 bits per heavy atom. The molecular formula is C9H9NO4. The number of carboxylic acid groups (broad SMARTS) is 1. The predicted octanol–water partition coefficient (Wildman–Crippen LogP) is 0.450. The lowest BCUT2D eigenvalue weighted by Crippen LogP contribution is -2.17. The predicted molar refractivity (Wildman–Crippen MR) is 48.5 cm³/mol. The lowest BCUT2D eigenvalue weighted by molar-refractivity contribution is 0.0693. The van der Waals surface area contributed by atoms with Gasteiger partial charge in [0.2, 0.25) is 0 Å². The third kappa shape index (κ3) is 1.82. The summed E-state index contributed by atoms with van der Waals surface area (Å²) in [7, 11) is 1.45. The van der Waals surface area contributed by atoms with E-state index in [4.69, 9.17) is 5.11 Å². The molecule has 0 atom stereocenters. The molecule has 0 fully saturated rings. The van der Waals surface area contributed by atoms with Gasteiger partial charge in [0.05, 0.1) is 0 Å². The summed E-state index contributed by atoms with van der Waals surface area (Å²) in [5, 5.41) is 20.2. The van der Waals surface area contributed by atoms with Crippen molar-refractivity contribution in [3.8, 4) is 5.75 Å². The molecule has 0 saturated carbocycles. The molecule has 1 aromatic carbocycles. The van der Waals surface area contributed by atoms with E-state index in [0.717, 1.165) is 6.07 Å². The normalized spacial score (nSPS) is 9.50. The number of aromatic carboxylic acids is 1. The fourth-order valence-electron chi connectivity index (χ4n) is 0.998. The first-order valence-electron chi connectivity index (χ1n) is 3.84. The molecule has 0 saturated heterocycles. The van der Waals surface area contributed by atoms with Crippen LogP contribution in [0.1, 0.15) is 20.7 Å². The van der Waals surface area contributed by atoms with Crippen LogP contribution in [0.4, 0.5) is 0 Å². The Balaban J connectivity index is 3.12. The van der Waals surface area contributed by atoms with Gasteiger partial charge in [-0.3, -0.25) is 4.79 Å². The summed E-state index contributed by atoms with van der Waals surface area (Å²) in [4.78, 5) is 21.6. The van der Waals surface area contributed by atoms with E-state index >= 15 is 0 Å². The quantitative estimate of drug-likeness (QED) is 0.639. The second-order valence-corrected chi connectivity index (χ2v) is 2.62. The highest BCUT2D eigenvalue weighted by molar-refractivity contribution is 5.97. The van der Waals surface area contributed by atoms with E-state index in [1.807, 2.05) is 0 Å². The van der Waals surface area contributed by atoms with E-state index in [2.05, 4.69) is 5.32 Å². The number of rotatable bonds is 2. The van der Waals surface area contributed by atoms with E-state index in [9.17, 15) is 14.7 Å². The molecule has 1 rings (SSSR count). The lowest BCUT2D eigenvalue weighted by Gasteiger charge is -2.02. The summed E-state index contributed by atoms with van der Waals surface area (Å²) in [6.45, 7) is 0. The van der Waals surface area contributed by atoms with Crippen molar-refractivity contribution in [1.29, 1.82) is 0 Å². The third-order valence-corrected chi connectivity index (χ3v) is 1.72. The molecular weight excluding hydrogens is 186 g/mol. The van der Waals surface area contributed by atoms with Crippen molar-refractivity contribution in [2.75, 3.05) is 7.05 Å². The SMILES string of the molecule is CNC(=O)c1ccc(C(=O)O)c(O)c1. The minimum Gasteiger partial charge on any atom is -0.507 e. The molecule has 14 heavy (non-hydrogen) atoms. The maximum Gasteiger partial charge on any atom is 0.339 e. The zero-order valence-electron chi connectivity index (χ0n) is 7.44. The maximum atomic E-state index is 11.1. The molecule has 74 valence electrons. The van der Waals surface area contributed by atoms with Gasteiger partial charge in [0.25, 0.3) is 5.91 Å². The molecule has 0 unspecified atom stereocenters. The molecule has 0 aromatic heterocycles. The summed E-state index contributed by atoms with van der Waals surface area (Å²) in [6, 6.07) is 3.63. The molecule has 0 spiro atoms. The second-order valence-electron chi connectivity index (χ2n) is 2.62. The van der Waals surface area contributed by atoms with E-state index in [1.54, 1.807) is 0 Å². The Kier molecular flexibility index (Phi) is 2.71. The monoisotopic (exact) mass is 195 g/mol. The minimum absolute atomic E-state index is 0.218. The first-order chi connectivity index (χ1) is 6.56. The highest BCUT2D eigenvalue weighted by atomic mass is 16.4. The standard InChI is InChI=1S/C9H9NO4/c1-10-8(12)5-2-3-6(9(13)14)7(11)4-5/h2-4,11H,1H3,(H,10,12)(H,13,14). The Labute approximate surface area is 80.0 Å². The number of amides is 1. The van der Waals surface area contributed by atoms with Gasteiger partial charge < -0.3 is 15.5 Å². The average Bonchev–Trinajstić information content (AvgIpc) is 2.15. The van der Waals surface area contributed by atoms with Crippen LogP contribution in [0.3, 0.4) is 0 Å². The van der Waals surface area contributed by atoms with Gasteiger partial charge >= 0.3 is 5.97 Å². The smallest absolute Gasteiger partial charge is 0.339 e. The van der Waals surface area contributed by atoms with Crippen molar-refractivity contribution in [2.24, 2.45) is 0 Å². The molecule has 0 radical (unpaired) electrons. The van der Waals surface area contributed by atoms with Crippen LogP contribution in [-0.4, -0.2) is 29.1 Å². The maximum absolute atomic E-state index is 11.1. The summed E-state index contributed by atoms with van der Waals surface area (Å²) in [5.74, 6) is -2.03. The van der Waals surface area contributed by atoms with Crippen LogP contribution in [0.15, 0.2) is 18.2 Å². The van der Waals surface area contributed by atoms with E-state index < -0.39 is 11.7 Å². The number of carbonyl (C=O) groups excluding carboxylic acids is 1. The number of hydrogen-bond donors (Lipinski definition) is 3. The molecule has 0 aliphatic rings. The van der Waals surface area contributed by atoms with Crippen LogP contribution in [0.5, 0.6) is 5.75 Å². The molecule has 1 amide bonds. The van der Waals surface area contributed by atoms with Crippen molar-refractivity contribution in [1.82, 2.24) is 5.32 Å². The number of hydrogen-bond acceptors (Lipinski definition) is 3. The topological polar surface area (TPSA) is 86.6 Å². The largest absolute Gasteiger partial charge is 0.507 e. The Morgan fingerprint density at radius 2 is 2.00 bits per heavy atom. The van der Waals surface area contributed by atoms with Crippen LogP contribution < -0.4 is 5.32 Å². The van der Waals surface area contributed by atoms with Gasteiger partial charge in [-0.2, -0.15) is 0 Å². The summed E-state index contributed by atoms with van der Waals surface area (Å²) < 4.78 is 0. The highest BCUT2D eigenvalue weighted by Gasteiger charge is 2.11. The van der Waals surface area contributed by atoms with Crippen LogP contribution in [-0.2, 0) is 0 Å². The fraction of sp³-hybridized carbons (Fsp3) is 0.111. The molecule has 1 aromatic rings. The number of carbonyl (C=O) groups is 2. The van der Waals surface area contributed by atoms with Gasteiger partial charge in [-0.1, -0.05) is 0 Å². The van der Waals surface area contributed by atoms with Gasteiger partial charge in [-0.05, 0) is 18.2 Å². The first kappa shape index (κ1) is 10.0. The fourth-order valence-corrected chi connectivity index (χ4v) is 0.998. The Bertz CT molecular complexity index is 386. The van der Waals surface area contributed by atoms with E-state index in [-0.39, 0.29) is 17.0 Å². The molecule has 3 N–H and O–H groups in total. The van der Waals surface area contributed by atoms with Crippen LogP contribution in [0, 0.1) is 0 Å². The lowest BCUT2D eigenvalue weighted by atomic mass is 10.1. The number of phenols is 1. The zero-order valence-corrected chi connectivity index (χ0v) is 7.44. The molecule has 5 heteroatoms. The highest BCUT2D eigenvalue weighted by Crippen LogP contribution is 2.18. The number of carboxylic acids is 1. The zero-order chi connectivity index (χ0) is 10.7. The molecule has 5 nitrogen and oxygen atoms in total. The van der Waals surface area contributed by atoms with Crippen molar-refractivity contribution in [2.45, 2.75) is 0 Å². The van der Waals surface area contributed by atoms with Crippen molar-refractivity contribution >= 4 is 11.9 Å². The number of benzene rings is 1. The van der Waals surface area contributed by atoms with Crippen molar-refractivity contribution in [3.63, 3.8) is 0 Å². The van der Waals surface area contributed by atoms with Gasteiger partial charge in [0.1, 0.15) is 11.3 Å². The van der Waals surface area contributed by atoms with Crippen LogP contribution in [0.2, 0.25) is 0 Å². The molecule has 0 aliphatic carbocycles. The first-order valence-corrected chi connectivity index (χ1v) is 3.84. The van der Waals surface area contributed by atoms with Crippen molar-refractivity contribution in [3.05, 3.63) is 29.3 Å². The number of nitrogens with one attached hydrogen (secondary N) is 1. The summed E-state index contributed by atoms with van der Waals surface area (Å²) in [6.07, 6.45) is 0. The van der Waals surface area contributed by atoms with Crippen molar-refractivity contribution < 1.29 is 19.8 Å². The van der Waals surface area contributed by atoms with E-state index in [1.165, 1.54) is 19.2 Å². The molecule has 0 bridgehead atoms. The van der Waals surface area contributed by atoms with Gasteiger partial charge in [-0.25, -0.2) is 4.79 Å². The molecule has 0 heterocycles. The Morgan fingerprint density at radius 3 is 2.43 bits per heavy atom. The van der Waals surface area contributed by atoms with Gasteiger partial charge in [-0.15, -0.1) is 0 Å². The van der Waals surface area contributed by atoms with Gasteiger partial charge in [0, 0.05) is 12.6 Å². The Hall–Kier alpha value is -2.04. The minimum atomic E-state index is -1.23. The van der Waals surface area contributed by atoms with Crippen LogP contribution in [0.25, 0.3) is 0 Å². The summed E-state index contributed by atoms with van der Waals surface area (Å²) >= 11 is 0.